The Morgan fingerprint density at radius 2 is 1.97 bits per heavy atom. The van der Waals surface area contributed by atoms with Gasteiger partial charge in [-0.1, -0.05) is 30.3 Å². The first-order valence-corrected chi connectivity index (χ1v) is 11.9. The highest BCUT2D eigenvalue weighted by Gasteiger charge is 2.33. The molecule has 6 heteroatoms. The van der Waals surface area contributed by atoms with Crippen molar-refractivity contribution in [3.8, 4) is 5.69 Å². The third kappa shape index (κ3) is 3.42. The first kappa shape index (κ1) is 19.0. The lowest BCUT2D eigenvalue weighted by molar-refractivity contribution is 0.195. The van der Waals surface area contributed by atoms with Crippen LogP contribution >= 0.6 is 23.1 Å². The number of nitrogens with one attached hydrogen (secondary N) is 1. The Morgan fingerprint density at radius 1 is 1.07 bits per heavy atom. The highest BCUT2D eigenvalue weighted by molar-refractivity contribution is 7.98. The van der Waals surface area contributed by atoms with Crippen LogP contribution in [-0.4, -0.2) is 21.8 Å². The van der Waals surface area contributed by atoms with E-state index in [0.717, 1.165) is 32.4 Å². The normalized spacial score (nSPS) is 15.2. The number of urea groups is 1. The number of carbonyl (C=O) groups excluding carboxylic acids is 1. The van der Waals surface area contributed by atoms with Gasteiger partial charge in [-0.05, 0) is 59.7 Å². The predicted octanol–water partition coefficient (Wildman–Crippen LogP) is 6.40. The van der Waals surface area contributed by atoms with Crippen molar-refractivity contribution in [2.24, 2.45) is 0 Å². The van der Waals surface area contributed by atoms with Gasteiger partial charge in [-0.2, -0.15) is 0 Å². The minimum atomic E-state index is -0.156. The quantitative estimate of drug-likeness (QED) is 0.381. The summed E-state index contributed by atoms with van der Waals surface area (Å²) in [5.74, 6) is 0. The number of rotatable bonds is 3. The zero-order valence-electron chi connectivity index (χ0n) is 16.5. The largest absolute Gasteiger partial charge is 0.323 e. The van der Waals surface area contributed by atoms with Crippen molar-refractivity contribution in [3.05, 3.63) is 101 Å². The van der Waals surface area contributed by atoms with E-state index in [1.165, 1.54) is 0 Å². The van der Waals surface area contributed by atoms with Crippen LogP contribution in [0.2, 0.25) is 0 Å². The molecular formula is C24H21N3OS2. The van der Waals surface area contributed by atoms with Gasteiger partial charge in [-0.25, -0.2) is 4.79 Å². The van der Waals surface area contributed by atoms with Crippen LogP contribution in [0.5, 0.6) is 0 Å². The summed E-state index contributed by atoms with van der Waals surface area (Å²) >= 11 is 3.34. The van der Waals surface area contributed by atoms with Crippen molar-refractivity contribution >= 4 is 34.8 Å². The molecule has 2 aromatic carbocycles. The zero-order valence-corrected chi connectivity index (χ0v) is 18.1. The average molecular weight is 432 g/mol. The van der Waals surface area contributed by atoms with E-state index < -0.39 is 0 Å². The summed E-state index contributed by atoms with van der Waals surface area (Å²) in [6.07, 6.45) is 4.12. The summed E-state index contributed by atoms with van der Waals surface area (Å²) in [6, 6.07) is 24.3. The lowest BCUT2D eigenvalue weighted by atomic mass is 10.1. The third-order valence-electron chi connectivity index (χ3n) is 5.36. The van der Waals surface area contributed by atoms with Crippen molar-refractivity contribution in [1.29, 1.82) is 0 Å². The average Bonchev–Trinajstić information content (AvgIpc) is 3.45. The van der Waals surface area contributed by atoms with Gasteiger partial charge in [0.2, 0.25) is 0 Å². The monoisotopic (exact) mass is 431 g/mol. The Labute approximate surface area is 184 Å². The molecule has 1 aliphatic heterocycles. The molecule has 0 aliphatic carbocycles. The van der Waals surface area contributed by atoms with Gasteiger partial charge in [0.1, 0.15) is 6.04 Å². The van der Waals surface area contributed by atoms with Gasteiger partial charge in [-0.3, -0.25) is 0 Å². The molecule has 0 unspecified atom stereocenters. The van der Waals surface area contributed by atoms with E-state index in [-0.39, 0.29) is 12.1 Å². The van der Waals surface area contributed by atoms with Crippen molar-refractivity contribution in [2.45, 2.75) is 17.5 Å². The van der Waals surface area contributed by atoms with Crippen LogP contribution in [0.1, 0.15) is 22.2 Å². The van der Waals surface area contributed by atoms with Crippen LogP contribution in [0.25, 0.3) is 5.69 Å². The lowest BCUT2D eigenvalue weighted by Gasteiger charge is -2.30. The number of hydrogen-bond acceptors (Lipinski definition) is 3. The first-order chi connectivity index (χ1) is 14.7. The fourth-order valence-corrected chi connectivity index (χ4v) is 5.29. The number of thioether (sulfide) groups is 1. The van der Waals surface area contributed by atoms with E-state index in [2.05, 4.69) is 51.8 Å². The standard InChI is InChI=1S/C24H21N3OS2/c1-29-19-9-4-8-18(15-19)25-24(28)27-16-17-7-2-3-10-20(17)26-13-5-11-21(26)23(27)22-12-6-14-30-22/h2-15,23H,16H2,1H3,(H,25,28)/t23-/m1/s1. The van der Waals surface area contributed by atoms with E-state index in [1.54, 1.807) is 23.1 Å². The number of thiophene rings is 1. The fraction of sp³-hybridized carbons (Fsp3) is 0.125. The number of hydrogen-bond donors (Lipinski definition) is 1. The van der Waals surface area contributed by atoms with Crippen LogP contribution in [0.4, 0.5) is 10.5 Å². The maximum absolute atomic E-state index is 13.6. The van der Waals surface area contributed by atoms with E-state index in [4.69, 9.17) is 0 Å². The van der Waals surface area contributed by atoms with Gasteiger partial charge in [0, 0.05) is 21.7 Å². The molecule has 4 nitrogen and oxygen atoms in total. The predicted molar refractivity (Wildman–Crippen MR) is 125 cm³/mol. The second kappa shape index (κ2) is 8.05. The van der Waals surface area contributed by atoms with Gasteiger partial charge in [0.15, 0.2) is 0 Å². The molecule has 0 bridgehead atoms. The van der Waals surface area contributed by atoms with Crippen molar-refractivity contribution in [1.82, 2.24) is 9.47 Å². The number of benzene rings is 2. The van der Waals surface area contributed by atoms with Crippen LogP contribution in [0, 0.1) is 0 Å². The Balaban J connectivity index is 1.59. The molecule has 150 valence electrons. The first-order valence-electron chi connectivity index (χ1n) is 9.75. The Bertz CT molecular complexity index is 1180. The van der Waals surface area contributed by atoms with Crippen LogP contribution in [0.3, 0.4) is 0 Å². The molecule has 1 atom stereocenters. The summed E-state index contributed by atoms with van der Waals surface area (Å²) < 4.78 is 2.21. The summed E-state index contributed by atoms with van der Waals surface area (Å²) in [5, 5.41) is 5.20. The van der Waals surface area contributed by atoms with Crippen LogP contribution in [-0.2, 0) is 6.54 Å². The Kier molecular flexibility index (Phi) is 5.11. The SMILES string of the molecule is CSc1cccc(NC(=O)N2Cc3ccccc3-n3cccc3[C@@H]2c2cccs2)c1. The van der Waals surface area contributed by atoms with Gasteiger partial charge in [-0.15, -0.1) is 23.1 Å². The van der Waals surface area contributed by atoms with E-state index in [1.807, 2.05) is 53.6 Å². The minimum absolute atomic E-state index is 0.101. The maximum Gasteiger partial charge on any atom is 0.323 e. The number of amides is 2. The number of carbonyl (C=O) groups is 1. The topological polar surface area (TPSA) is 37.3 Å². The minimum Gasteiger partial charge on any atom is -0.318 e. The molecule has 5 rings (SSSR count). The molecule has 0 spiro atoms. The van der Waals surface area contributed by atoms with E-state index >= 15 is 0 Å². The molecule has 2 aromatic heterocycles. The van der Waals surface area contributed by atoms with Crippen molar-refractivity contribution < 1.29 is 4.79 Å². The van der Waals surface area contributed by atoms with Crippen molar-refractivity contribution in [3.63, 3.8) is 0 Å². The second-order valence-corrected chi connectivity index (χ2v) is 9.00. The number of nitrogens with zero attached hydrogens (tertiary/aromatic N) is 2. The number of para-hydroxylation sites is 1. The number of fused-ring (bicyclic) bond motifs is 3. The third-order valence-corrected chi connectivity index (χ3v) is 7.01. The summed E-state index contributed by atoms with van der Waals surface area (Å²) in [4.78, 5) is 17.8. The molecule has 0 saturated carbocycles. The fourth-order valence-electron chi connectivity index (χ4n) is 3.98. The van der Waals surface area contributed by atoms with E-state index in [0.29, 0.717) is 6.54 Å². The lowest BCUT2D eigenvalue weighted by Crippen LogP contribution is -2.37. The zero-order chi connectivity index (χ0) is 20.5. The van der Waals surface area contributed by atoms with E-state index in [9.17, 15) is 4.79 Å². The van der Waals surface area contributed by atoms with Gasteiger partial charge >= 0.3 is 6.03 Å². The maximum atomic E-state index is 13.6. The molecule has 1 aliphatic rings. The highest BCUT2D eigenvalue weighted by atomic mass is 32.2. The molecule has 4 aromatic rings. The Hall–Kier alpha value is -2.96. The smallest absolute Gasteiger partial charge is 0.318 e. The van der Waals surface area contributed by atoms with Crippen molar-refractivity contribution in [2.75, 3.05) is 11.6 Å². The molecular weight excluding hydrogens is 410 g/mol. The molecule has 3 heterocycles. The molecule has 1 N–H and O–H groups in total. The molecule has 0 saturated heterocycles. The molecule has 0 fully saturated rings. The summed E-state index contributed by atoms with van der Waals surface area (Å²) in [5.41, 5.74) is 4.15. The summed E-state index contributed by atoms with van der Waals surface area (Å²) in [6.45, 7) is 0.536. The number of anilines is 1. The summed E-state index contributed by atoms with van der Waals surface area (Å²) in [7, 11) is 0. The highest BCUT2D eigenvalue weighted by Crippen LogP contribution is 2.38. The van der Waals surface area contributed by atoms with Gasteiger partial charge in [0.05, 0.1) is 17.9 Å². The molecule has 0 radical (unpaired) electrons. The molecule has 2 amide bonds. The van der Waals surface area contributed by atoms with Crippen LogP contribution in [0.15, 0.2) is 89.3 Å². The molecule has 30 heavy (non-hydrogen) atoms. The Morgan fingerprint density at radius 3 is 2.80 bits per heavy atom. The number of aromatic nitrogens is 1. The van der Waals surface area contributed by atoms with Crippen LogP contribution < -0.4 is 5.32 Å². The van der Waals surface area contributed by atoms with Gasteiger partial charge in [0.25, 0.3) is 0 Å². The second-order valence-electron chi connectivity index (χ2n) is 7.14. The van der Waals surface area contributed by atoms with Gasteiger partial charge < -0.3 is 14.8 Å².